The van der Waals surface area contributed by atoms with Crippen LogP contribution in [0.15, 0.2) is 40.8 Å². The van der Waals surface area contributed by atoms with E-state index in [-0.39, 0.29) is 5.54 Å². The summed E-state index contributed by atoms with van der Waals surface area (Å²) in [6.45, 7) is 2.08. The Labute approximate surface area is 101 Å². The Bertz CT molecular complexity index is 520. The van der Waals surface area contributed by atoms with E-state index in [4.69, 9.17) is 10.2 Å². The topological polar surface area (TPSA) is 39.2 Å². The van der Waals surface area contributed by atoms with E-state index in [1.165, 1.54) is 12.0 Å². The summed E-state index contributed by atoms with van der Waals surface area (Å²) in [5.74, 6) is 1.84. The molecule has 0 saturated heterocycles. The van der Waals surface area contributed by atoms with Crippen molar-refractivity contribution in [2.45, 2.75) is 31.7 Å². The molecule has 0 unspecified atom stereocenters. The van der Waals surface area contributed by atoms with Gasteiger partial charge in [-0.3, -0.25) is 0 Å². The van der Waals surface area contributed by atoms with Gasteiger partial charge in [-0.1, -0.05) is 29.8 Å². The highest BCUT2D eigenvalue weighted by Gasteiger charge is 2.37. The minimum absolute atomic E-state index is 0.205. The van der Waals surface area contributed by atoms with E-state index >= 15 is 0 Å². The summed E-state index contributed by atoms with van der Waals surface area (Å²) in [6, 6.07) is 12.4. The fourth-order valence-corrected chi connectivity index (χ4v) is 2.28. The van der Waals surface area contributed by atoms with E-state index in [0.717, 1.165) is 29.9 Å². The molecule has 0 bridgehead atoms. The highest BCUT2D eigenvalue weighted by atomic mass is 16.3. The Morgan fingerprint density at radius 2 is 1.76 bits per heavy atom. The van der Waals surface area contributed by atoms with Gasteiger partial charge in [-0.2, -0.15) is 0 Å². The molecule has 88 valence electrons. The van der Waals surface area contributed by atoms with Gasteiger partial charge in [-0.15, -0.1) is 0 Å². The molecular formula is C15H17NO. The van der Waals surface area contributed by atoms with Crippen LogP contribution in [0.2, 0.25) is 0 Å². The summed E-state index contributed by atoms with van der Waals surface area (Å²) in [6.07, 6.45) is 3.28. The van der Waals surface area contributed by atoms with Crippen molar-refractivity contribution in [3.05, 3.63) is 47.7 Å². The standard InChI is InChI=1S/C15H17NO/c1-11-3-5-12(6-4-11)13-7-8-14(17-13)15(16)9-2-10-15/h3-8H,2,9-10,16H2,1H3. The minimum Gasteiger partial charge on any atom is -0.459 e. The van der Waals surface area contributed by atoms with Crippen LogP contribution in [-0.4, -0.2) is 0 Å². The first-order valence-corrected chi connectivity index (χ1v) is 6.14. The van der Waals surface area contributed by atoms with Gasteiger partial charge in [0.25, 0.3) is 0 Å². The third-order valence-corrected chi connectivity index (χ3v) is 3.68. The molecule has 3 rings (SSSR count). The Hall–Kier alpha value is -1.54. The van der Waals surface area contributed by atoms with Crippen molar-refractivity contribution in [3.63, 3.8) is 0 Å². The van der Waals surface area contributed by atoms with Crippen molar-refractivity contribution in [2.75, 3.05) is 0 Å². The minimum atomic E-state index is -0.205. The smallest absolute Gasteiger partial charge is 0.134 e. The van der Waals surface area contributed by atoms with Gasteiger partial charge in [0, 0.05) is 5.56 Å². The van der Waals surface area contributed by atoms with Crippen LogP contribution in [0.3, 0.4) is 0 Å². The molecule has 2 nitrogen and oxygen atoms in total. The highest BCUT2D eigenvalue weighted by molar-refractivity contribution is 5.58. The third-order valence-electron chi connectivity index (χ3n) is 3.68. The molecule has 17 heavy (non-hydrogen) atoms. The number of furan rings is 1. The van der Waals surface area contributed by atoms with Gasteiger partial charge < -0.3 is 10.2 Å². The van der Waals surface area contributed by atoms with Crippen LogP contribution < -0.4 is 5.73 Å². The first-order chi connectivity index (χ1) is 8.17. The second-order valence-electron chi connectivity index (χ2n) is 5.04. The normalized spacial score (nSPS) is 17.8. The van der Waals surface area contributed by atoms with Gasteiger partial charge in [-0.05, 0) is 38.3 Å². The summed E-state index contributed by atoms with van der Waals surface area (Å²) < 4.78 is 5.89. The average Bonchev–Trinajstić information content (AvgIpc) is 2.76. The van der Waals surface area contributed by atoms with Gasteiger partial charge in [0.2, 0.25) is 0 Å². The van der Waals surface area contributed by atoms with Gasteiger partial charge in [0.1, 0.15) is 11.5 Å². The number of benzene rings is 1. The summed E-state index contributed by atoms with van der Waals surface area (Å²) in [4.78, 5) is 0. The number of rotatable bonds is 2. The summed E-state index contributed by atoms with van der Waals surface area (Å²) >= 11 is 0. The molecule has 0 radical (unpaired) electrons. The van der Waals surface area contributed by atoms with E-state index in [9.17, 15) is 0 Å². The van der Waals surface area contributed by atoms with Gasteiger partial charge in [0.15, 0.2) is 0 Å². The monoisotopic (exact) mass is 227 g/mol. The molecule has 1 aliphatic rings. The highest BCUT2D eigenvalue weighted by Crippen LogP contribution is 2.40. The molecule has 0 amide bonds. The summed E-state index contributed by atoms with van der Waals surface area (Å²) in [5.41, 5.74) is 8.42. The quantitative estimate of drug-likeness (QED) is 0.851. The first kappa shape index (κ1) is 10.6. The fourth-order valence-electron chi connectivity index (χ4n) is 2.28. The third kappa shape index (κ3) is 1.79. The van der Waals surface area contributed by atoms with Gasteiger partial charge in [0.05, 0.1) is 5.54 Å². The van der Waals surface area contributed by atoms with Crippen molar-refractivity contribution in [1.29, 1.82) is 0 Å². The lowest BCUT2D eigenvalue weighted by molar-refractivity contribution is 0.209. The first-order valence-electron chi connectivity index (χ1n) is 6.14. The molecule has 1 aliphatic carbocycles. The number of hydrogen-bond acceptors (Lipinski definition) is 2. The van der Waals surface area contributed by atoms with Crippen LogP contribution >= 0.6 is 0 Å². The summed E-state index contributed by atoms with van der Waals surface area (Å²) in [5, 5.41) is 0. The maximum absolute atomic E-state index is 6.25. The largest absolute Gasteiger partial charge is 0.459 e. The van der Waals surface area contributed by atoms with Crippen molar-refractivity contribution in [3.8, 4) is 11.3 Å². The van der Waals surface area contributed by atoms with Crippen LogP contribution in [0.25, 0.3) is 11.3 Å². The van der Waals surface area contributed by atoms with Gasteiger partial charge >= 0.3 is 0 Å². The maximum atomic E-state index is 6.25. The molecule has 0 atom stereocenters. The molecule has 1 heterocycles. The predicted molar refractivity (Wildman–Crippen MR) is 68.6 cm³/mol. The second kappa shape index (κ2) is 3.74. The Kier molecular flexibility index (Phi) is 2.33. The molecular weight excluding hydrogens is 210 g/mol. The van der Waals surface area contributed by atoms with E-state index in [1.54, 1.807) is 0 Å². The Balaban J connectivity index is 1.92. The Morgan fingerprint density at radius 3 is 2.35 bits per heavy atom. The fraction of sp³-hybridized carbons (Fsp3) is 0.333. The lowest BCUT2D eigenvalue weighted by Crippen LogP contribution is -2.42. The number of hydrogen-bond donors (Lipinski definition) is 1. The zero-order valence-electron chi connectivity index (χ0n) is 10.1. The lowest BCUT2D eigenvalue weighted by Gasteiger charge is -2.35. The lowest BCUT2D eigenvalue weighted by atomic mass is 9.76. The van der Waals surface area contributed by atoms with Crippen molar-refractivity contribution >= 4 is 0 Å². The molecule has 2 heteroatoms. The van der Waals surface area contributed by atoms with E-state index in [0.29, 0.717) is 0 Å². The predicted octanol–water partition coefficient (Wildman–Crippen LogP) is 3.59. The van der Waals surface area contributed by atoms with Crippen LogP contribution in [0.1, 0.15) is 30.6 Å². The van der Waals surface area contributed by atoms with E-state index in [2.05, 4.69) is 31.2 Å². The Morgan fingerprint density at radius 1 is 1.06 bits per heavy atom. The average molecular weight is 227 g/mol. The molecule has 2 aromatic rings. The zero-order chi connectivity index (χ0) is 11.9. The van der Waals surface area contributed by atoms with Gasteiger partial charge in [-0.25, -0.2) is 0 Å². The van der Waals surface area contributed by atoms with Crippen LogP contribution in [-0.2, 0) is 5.54 Å². The van der Waals surface area contributed by atoms with Crippen molar-refractivity contribution in [2.24, 2.45) is 5.73 Å². The molecule has 1 fully saturated rings. The molecule has 2 N–H and O–H groups in total. The van der Waals surface area contributed by atoms with Crippen LogP contribution in [0.5, 0.6) is 0 Å². The molecule has 1 aromatic carbocycles. The zero-order valence-corrected chi connectivity index (χ0v) is 10.1. The SMILES string of the molecule is Cc1ccc(-c2ccc(C3(N)CCC3)o2)cc1. The molecule has 1 aromatic heterocycles. The number of nitrogens with two attached hydrogens (primary N) is 1. The van der Waals surface area contributed by atoms with E-state index < -0.39 is 0 Å². The molecule has 1 saturated carbocycles. The second-order valence-corrected chi connectivity index (χ2v) is 5.04. The van der Waals surface area contributed by atoms with Crippen molar-refractivity contribution in [1.82, 2.24) is 0 Å². The molecule has 0 spiro atoms. The van der Waals surface area contributed by atoms with Crippen molar-refractivity contribution < 1.29 is 4.42 Å². The number of aryl methyl sites for hydroxylation is 1. The maximum Gasteiger partial charge on any atom is 0.134 e. The van der Waals surface area contributed by atoms with Crippen LogP contribution in [0.4, 0.5) is 0 Å². The summed E-state index contributed by atoms with van der Waals surface area (Å²) in [7, 11) is 0. The van der Waals surface area contributed by atoms with E-state index in [1.807, 2.05) is 12.1 Å². The molecule has 0 aliphatic heterocycles. The van der Waals surface area contributed by atoms with Crippen LogP contribution in [0, 0.1) is 6.92 Å².